The average molecular weight is 166 g/mol. The maximum absolute atomic E-state index is 3.83. The molecule has 0 atom stereocenters. The molecule has 1 nitrogen and oxygen atoms in total. The van der Waals surface area contributed by atoms with E-state index in [9.17, 15) is 0 Å². The molecule has 1 aromatic rings. The predicted octanol–water partition coefficient (Wildman–Crippen LogP) is 2.63. The zero-order valence-corrected chi connectivity index (χ0v) is 7.69. The van der Waals surface area contributed by atoms with E-state index in [1.54, 1.807) is 6.20 Å². The van der Waals surface area contributed by atoms with Gasteiger partial charge in [0.1, 0.15) is 0 Å². The highest BCUT2D eigenvalue weighted by Gasteiger charge is 1.95. The van der Waals surface area contributed by atoms with Gasteiger partial charge in [-0.25, -0.2) is 0 Å². The summed E-state index contributed by atoms with van der Waals surface area (Å²) < 4.78 is 0. The molecule has 1 radical (unpaired) electrons. The van der Waals surface area contributed by atoms with E-state index in [4.69, 9.17) is 0 Å². The molecule has 0 amide bonds. The number of thioether (sulfide) groups is 1. The maximum atomic E-state index is 3.83. The van der Waals surface area contributed by atoms with Crippen LogP contribution in [0.4, 0.5) is 0 Å². The summed E-state index contributed by atoms with van der Waals surface area (Å²) in [6.45, 7) is 4.44. The fourth-order valence-corrected chi connectivity index (χ4v) is 1.47. The van der Waals surface area contributed by atoms with Crippen molar-refractivity contribution in [1.82, 2.24) is 4.98 Å². The summed E-state index contributed by atoms with van der Waals surface area (Å²) in [5, 5.41) is 0. The minimum absolute atomic E-state index is 0.744. The van der Waals surface area contributed by atoms with E-state index in [2.05, 4.69) is 25.0 Å². The largest absolute Gasteiger partial charge is 0.255 e. The summed E-state index contributed by atoms with van der Waals surface area (Å²) in [6, 6.07) is 3.94. The number of hydrogen-bond donors (Lipinski definition) is 0. The molecule has 2 heteroatoms. The minimum Gasteiger partial charge on any atom is -0.255 e. The molecule has 11 heavy (non-hydrogen) atoms. The van der Waals surface area contributed by atoms with Crippen LogP contribution in [-0.2, 0) is 0 Å². The smallest absolute Gasteiger partial charge is 0.0897 e. The third kappa shape index (κ3) is 3.42. The van der Waals surface area contributed by atoms with Crippen molar-refractivity contribution in [2.75, 3.05) is 5.75 Å². The Morgan fingerprint density at radius 3 is 3.00 bits per heavy atom. The molecule has 0 spiro atoms. The fraction of sp³-hybridized carbons (Fsp3) is 0.444. The summed E-state index contributed by atoms with van der Waals surface area (Å²) in [7, 11) is 0. The first-order chi connectivity index (χ1) is 5.29. The second-order valence-corrected chi connectivity index (χ2v) is 3.92. The van der Waals surface area contributed by atoms with Crippen LogP contribution in [0.2, 0.25) is 0 Å². The molecule has 0 fully saturated rings. The van der Waals surface area contributed by atoms with Crippen molar-refractivity contribution in [3.8, 4) is 0 Å². The molecule has 1 aromatic heterocycles. The predicted molar refractivity (Wildman–Crippen MR) is 48.6 cm³/mol. The molecular weight excluding hydrogens is 154 g/mol. The van der Waals surface area contributed by atoms with Gasteiger partial charge in [0.15, 0.2) is 0 Å². The lowest BCUT2D eigenvalue weighted by atomic mass is 10.3. The van der Waals surface area contributed by atoms with Gasteiger partial charge in [-0.1, -0.05) is 13.8 Å². The number of hydrogen-bond acceptors (Lipinski definition) is 2. The van der Waals surface area contributed by atoms with E-state index >= 15 is 0 Å². The first-order valence-corrected chi connectivity index (χ1v) is 4.72. The van der Waals surface area contributed by atoms with Crippen molar-refractivity contribution >= 4 is 11.8 Å². The Morgan fingerprint density at radius 1 is 1.64 bits per heavy atom. The summed E-state index contributed by atoms with van der Waals surface area (Å²) in [6.07, 6.45) is 4.59. The molecule has 59 valence electrons. The molecule has 0 aliphatic heterocycles. The molecule has 1 heterocycles. The van der Waals surface area contributed by atoms with E-state index in [0.29, 0.717) is 0 Å². The molecule has 0 bridgehead atoms. The third-order valence-electron chi connectivity index (χ3n) is 1.18. The summed E-state index contributed by atoms with van der Waals surface area (Å²) in [4.78, 5) is 5.09. The summed E-state index contributed by atoms with van der Waals surface area (Å²) in [5.41, 5.74) is 0. The van der Waals surface area contributed by atoms with Crippen LogP contribution in [0.3, 0.4) is 0 Å². The normalized spacial score (nSPS) is 10.5. The highest BCUT2D eigenvalue weighted by atomic mass is 32.2. The quantitative estimate of drug-likeness (QED) is 0.640. The van der Waals surface area contributed by atoms with Crippen molar-refractivity contribution in [3.63, 3.8) is 0 Å². The SMILES string of the molecule is CC(C)CSc1c[c]ncc1. The highest BCUT2D eigenvalue weighted by molar-refractivity contribution is 7.99. The van der Waals surface area contributed by atoms with Gasteiger partial charge >= 0.3 is 0 Å². The number of rotatable bonds is 3. The molecule has 0 aliphatic rings. The topological polar surface area (TPSA) is 12.9 Å². The fourth-order valence-electron chi connectivity index (χ4n) is 0.655. The number of pyridine rings is 1. The molecule has 1 rings (SSSR count). The lowest BCUT2D eigenvalue weighted by Crippen LogP contribution is -1.89. The standard InChI is InChI=1S/C9H12NS/c1-8(2)7-11-9-3-5-10-6-4-9/h3-5,8H,7H2,1-2H3. The lowest BCUT2D eigenvalue weighted by Gasteiger charge is -2.02. The Morgan fingerprint density at radius 2 is 2.45 bits per heavy atom. The van der Waals surface area contributed by atoms with Crippen LogP contribution < -0.4 is 0 Å². The van der Waals surface area contributed by atoms with Crippen molar-refractivity contribution in [2.45, 2.75) is 18.7 Å². The summed E-state index contributed by atoms with van der Waals surface area (Å²) in [5.74, 6) is 1.91. The third-order valence-corrected chi connectivity index (χ3v) is 2.60. The Labute approximate surface area is 72.2 Å². The van der Waals surface area contributed by atoms with Gasteiger partial charge in [0.05, 0.1) is 6.20 Å². The Hall–Kier alpha value is -0.500. The van der Waals surface area contributed by atoms with Crippen LogP contribution in [0.25, 0.3) is 0 Å². The molecule has 0 saturated carbocycles. The van der Waals surface area contributed by atoms with Crippen LogP contribution in [0.1, 0.15) is 13.8 Å². The maximum Gasteiger partial charge on any atom is 0.0897 e. The van der Waals surface area contributed by atoms with Crippen molar-refractivity contribution < 1.29 is 0 Å². The first-order valence-electron chi connectivity index (χ1n) is 3.74. The monoisotopic (exact) mass is 166 g/mol. The van der Waals surface area contributed by atoms with Crippen molar-refractivity contribution in [3.05, 3.63) is 24.5 Å². The van der Waals surface area contributed by atoms with Gasteiger partial charge in [-0.3, -0.25) is 4.98 Å². The zero-order chi connectivity index (χ0) is 8.10. The van der Waals surface area contributed by atoms with Gasteiger partial charge in [0, 0.05) is 16.8 Å². The van der Waals surface area contributed by atoms with Gasteiger partial charge in [-0.15, -0.1) is 11.8 Å². The number of aromatic nitrogens is 1. The van der Waals surface area contributed by atoms with Crippen LogP contribution in [0.5, 0.6) is 0 Å². The van der Waals surface area contributed by atoms with Crippen molar-refractivity contribution in [1.29, 1.82) is 0 Å². The molecule has 0 N–H and O–H groups in total. The van der Waals surface area contributed by atoms with Crippen molar-refractivity contribution in [2.24, 2.45) is 5.92 Å². The van der Waals surface area contributed by atoms with Crippen LogP contribution in [0, 0.1) is 12.1 Å². The van der Waals surface area contributed by atoms with Gasteiger partial charge in [0.2, 0.25) is 0 Å². The van der Waals surface area contributed by atoms with Gasteiger partial charge < -0.3 is 0 Å². The van der Waals surface area contributed by atoms with E-state index in [1.165, 1.54) is 4.90 Å². The first kappa shape index (κ1) is 8.60. The average Bonchev–Trinajstić information content (AvgIpc) is 2.03. The Balaban J connectivity index is 2.39. The highest BCUT2D eigenvalue weighted by Crippen LogP contribution is 2.18. The molecule has 0 aliphatic carbocycles. The van der Waals surface area contributed by atoms with Crippen LogP contribution >= 0.6 is 11.8 Å². The molecule has 0 unspecified atom stereocenters. The van der Waals surface area contributed by atoms with Gasteiger partial charge in [-0.2, -0.15) is 0 Å². The minimum atomic E-state index is 0.744. The van der Waals surface area contributed by atoms with E-state index in [-0.39, 0.29) is 0 Å². The van der Waals surface area contributed by atoms with E-state index in [0.717, 1.165) is 11.7 Å². The second-order valence-electron chi connectivity index (χ2n) is 2.83. The Kier molecular flexibility index (Phi) is 3.43. The van der Waals surface area contributed by atoms with Crippen LogP contribution in [-0.4, -0.2) is 10.7 Å². The van der Waals surface area contributed by atoms with E-state index < -0.39 is 0 Å². The molecule has 0 saturated heterocycles. The van der Waals surface area contributed by atoms with Gasteiger partial charge in [-0.05, 0) is 18.1 Å². The molecule has 0 aromatic carbocycles. The second kappa shape index (κ2) is 4.39. The zero-order valence-electron chi connectivity index (χ0n) is 6.87. The number of nitrogens with zero attached hydrogens (tertiary/aromatic N) is 1. The van der Waals surface area contributed by atoms with Crippen LogP contribution in [0.15, 0.2) is 23.2 Å². The molecular formula is C9H12NS. The van der Waals surface area contributed by atoms with E-state index in [1.807, 2.05) is 23.9 Å². The van der Waals surface area contributed by atoms with Gasteiger partial charge in [0.25, 0.3) is 0 Å². The lowest BCUT2D eigenvalue weighted by molar-refractivity contribution is 0.750. The summed E-state index contributed by atoms with van der Waals surface area (Å²) >= 11 is 1.86. The Bertz CT molecular complexity index is 196.